The number of rotatable bonds is 3. The van der Waals surface area contributed by atoms with Gasteiger partial charge in [0.2, 0.25) is 5.91 Å². The molecule has 0 aromatic heterocycles. The summed E-state index contributed by atoms with van der Waals surface area (Å²) >= 11 is 0. The van der Waals surface area contributed by atoms with Gasteiger partial charge in [0.05, 0.1) is 6.42 Å². The Hall–Kier alpha value is -1.31. The predicted molar refractivity (Wildman–Crippen MR) is 62.9 cm³/mol. The molecule has 0 aliphatic heterocycles. The Morgan fingerprint density at radius 2 is 1.73 bits per heavy atom. The zero-order valence-electron chi connectivity index (χ0n) is 9.95. The number of hydrogen-bond acceptors (Lipinski definition) is 1. The fourth-order valence-corrected chi connectivity index (χ4v) is 1.35. The lowest BCUT2D eigenvalue weighted by molar-refractivity contribution is -0.127. The van der Waals surface area contributed by atoms with Crippen LogP contribution in [-0.4, -0.2) is 24.9 Å². The van der Waals surface area contributed by atoms with E-state index in [0.717, 1.165) is 5.56 Å². The molecule has 0 saturated heterocycles. The van der Waals surface area contributed by atoms with E-state index in [4.69, 9.17) is 0 Å². The molecule has 15 heavy (non-hydrogen) atoms. The van der Waals surface area contributed by atoms with Crippen molar-refractivity contribution in [3.63, 3.8) is 0 Å². The van der Waals surface area contributed by atoms with Gasteiger partial charge in [-0.25, -0.2) is 0 Å². The second-order valence-corrected chi connectivity index (χ2v) is 4.36. The minimum Gasteiger partial charge on any atom is -0.349 e. The first kappa shape index (κ1) is 11.8. The van der Waals surface area contributed by atoms with Crippen molar-refractivity contribution in [3.05, 3.63) is 35.4 Å². The second-order valence-electron chi connectivity index (χ2n) is 4.36. The number of likely N-dealkylation sites (N-methyl/N-ethyl adjacent to an activating group) is 1. The lowest BCUT2D eigenvalue weighted by atomic mass is 10.0. The average molecular weight is 205 g/mol. The summed E-state index contributed by atoms with van der Waals surface area (Å²) in [5, 5.41) is 0. The number of carbonyl (C=O) groups excluding carboxylic acids is 1. The summed E-state index contributed by atoms with van der Waals surface area (Å²) in [5.74, 6) is 0.691. The smallest absolute Gasteiger partial charge is 0.226 e. The van der Waals surface area contributed by atoms with E-state index in [2.05, 4.69) is 26.0 Å². The van der Waals surface area contributed by atoms with Crippen LogP contribution in [0.1, 0.15) is 30.9 Å². The SMILES string of the molecule is CC(C)c1ccc(CC(=O)N(C)C)cc1. The molecule has 0 N–H and O–H groups in total. The Morgan fingerprint density at radius 1 is 1.20 bits per heavy atom. The molecule has 1 aromatic rings. The molecule has 2 heteroatoms. The van der Waals surface area contributed by atoms with Gasteiger partial charge in [-0.1, -0.05) is 38.1 Å². The highest BCUT2D eigenvalue weighted by Crippen LogP contribution is 2.15. The van der Waals surface area contributed by atoms with Crippen molar-refractivity contribution >= 4 is 5.91 Å². The van der Waals surface area contributed by atoms with Gasteiger partial charge in [0, 0.05) is 14.1 Å². The Kier molecular flexibility index (Phi) is 3.89. The molecule has 0 fully saturated rings. The Balaban J connectivity index is 2.69. The summed E-state index contributed by atoms with van der Waals surface area (Å²) in [6, 6.07) is 8.28. The van der Waals surface area contributed by atoms with Crippen LogP contribution in [0.3, 0.4) is 0 Å². The van der Waals surface area contributed by atoms with E-state index >= 15 is 0 Å². The minimum atomic E-state index is 0.146. The number of nitrogens with zero attached hydrogens (tertiary/aromatic N) is 1. The normalized spacial score (nSPS) is 10.5. The third-order valence-electron chi connectivity index (χ3n) is 2.50. The van der Waals surface area contributed by atoms with Crippen LogP contribution in [0.5, 0.6) is 0 Å². The number of amides is 1. The molecule has 0 atom stereocenters. The molecular formula is C13H19NO. The molecule has 0 aliphatic rings. The van der Waals surface area contributed by atoms with E-state index in [9.17, 15) is 4.79 Å². The minimum absolute atomic E-state index is 0.146. The summed E-state index contributed by atoms with van der Waals surface area (Å²) in [7, 11) is 3.57. The average Bonchev–Trinajstić information content (AvgIpc) is 2.18. The molecule has 82 valence electrons. The Labute approximate surface area is 91.9 Å². The van der Waals surface area contributed by atoms with Crippen LogP contribution < -0.4 is 0 Å². The van der Waals surface area contributed by atoms with Crippen molar-refractivity contribution < 1.29 is 4.79 Å². The fraction of sp³-hybridized carbons (Fsp3) is 0.462. The summed E-state index contributed by atoms with van der Waals surface area (Å²) in [6.45, 7) is 4.33. The van der Waals surface area contributed by atoms with Crippen molar-refractivity contribution in [1.29, 1.82) is 0 Å². The van der Waals surface area contributed by atoms with Gasteiger partial charge in [0.15, 0.2) is 0 Å². The van der Waals surface area contributed by atoms with Crippen molar-refractivity contribution in [2.24, 2.45) is 0 Å². The van der Waals surface area contributed by atoms with E-state index in [-0.39, 0.29) is 5.91 Å². The first-order valence-electron chi connectivity index (χ1n) is 5.29. The summed E-state index contributed by atoms with van der Waals surface area (Å²) < 4.78 is 0. The number of carbonyl (C=O) groups is 1. The first-order chi connectivity index (χ1) is 7.00. The van der Waals surface area contributed by atoms with Crippen LogP contribution in [0.4, 0.5) is 0 Å². The highest BCUT2D eigenvalue weighted by atomic mass is 16.2. The summed E-state index contributed by atoms with van der Waals surface area (Å²) in [4.78, 5) is 13.1. The summed E-state index contributed by atoms with van der Waals surface area (Å²) in [6.07, 6.45) is 0.491. The quantitative estimate of drug-likeness (QED) is 0.742. The summed E-state index contributed by atoms with van der Waals surface area (Å²) in [5.41, 5.74) is 2.40. The zero-order valence-corrected chi connectivity index (χ0v) is 9.95. The third-order valence-corrected chi connectivity index (χ3v) is 2.50. The van der Waals surface area contributed by atoms with Gasteiger partial charge in [0.1, 0.15) is 0 Å². The van der Waals surface area contributed by atoms with Crippen LogP contribution in [0.15, 0.2) is 24.3 Å². The molecule has 0 bridgehead atoms. The van der Waals surface area contributed by atoms with Crippen LogP contribution in [-0.2, 0) is 11.2 Å². The molecule has 1 rings (SSSR count). The van der Waals surface area contributed by atoms with Gasteiger partial charge in [-0.05, 0) is 17.0 Å². The molecule has 1 amide bonds. The molecule has 0 spiro atoms. The fourth-order valence-electron chi connectivity index (χ4n) is 1.35. The van der Waals surface area contributed by atoms with E-state index in [1.807, 2.05) is 12.1 Å². The number of hydrogen-bond donors (Lipinski definition) is 0. The van der Waals surface area contributed by atoms with E-state index in [1.54, 1.807) is 19.0 Å². The standard InChI is InChI=1S/C13H19NO/c1-10(2)12-7-5-11(6-8-12)9-13(15)14(3)4/h5-8,10H,9H2,1-4H3. The van der Waals surface area contributed by atoms with Crippen molar-refractivity contribution in [2.45, 2.75) is 26.2 Å². The molecule has 0 unspecified atom stereocenters. The van der Waals surface area contributed by atoms with Crippen LogP contribution in [0, 0.1) is 0 Å². The highest BCUT2D eigenvalue weighted by Gasteiger charge is 2.05. The second kappa shape index (κ2) is 4.96. The topological polar surface area (TPSA) is 20.3 Å². The van der Waals surface area contributed by atoms with E-state index in [1.165, 1.54) is 5.56 Å². The van der Waals surface area contributed by atoms with Crippen molar-refractivity contribution in [1.82, 2.24) is 4.90 Å². The Bertz CT molecular complexity index is 325. The lowest BCUT2D eigenvalue weighted by Gasteiger charge is -2.11. The maximum Gasteiger partial charge on any atom is 0.226 e. The number of benzene rings is 1. The predicted octanol–water partition coefficient (Wildman–Crippen LogP) is 2.44. The van der Waals surface area contributed by atoms with Crippen LogP contribution in [0.25, 0.3) is 0 Å². The van der Waals surface area contributed by atoms with E-state index in [0.29, 0.717) is 12.3 Å². The van der Waals surface area contributed by atoms with Gasteiger partial charge in [-0.3, -0.25) is 4.79 Å². The monoisotopic (exact) mass is 205 g/mol. The van der Waals surface area contributed by atoms with Crippen molar-refractivity contribution in [3.8, 4) is 0 Å². The van der Waals surface area contributed by atoms with Gasteiger partial charge in [-0.15, -0.1) is 0 Å². The molecule has 0 heterocycles. The maximum absolute atomic E-state index is 11.5. The van der Waals surface area contributed by atoms with Gasteiger partial charge in [0.25, 0.3) is 0 Å². The molecule has 0 saturated carbocycles. The van der Waals surface area contributed by atoms with Crippen molar-refractivity contribution in [2.75, 3.05) is 14.1 Å². The van der Waals surface area contributed by atoms with Crippen LogP contribution in [0.2, 0.25) is 0 Å². The van der Waals surface area contributed by atoms with Gasteiger partial charge in [-0.2, -0.15) is 0 Å². The van der Waals surface area contributed by atoms with E-state index < -0.39 is 0 Å². The lowest BCUT2D eigenvalue weighted by Crippen LogP contribution is -2.23. The van der Waals surface area contributed by atoms with Gasteiger partial charge < -0.3 is 4.90 Å². The Morgan fingerprint density at radius 3 is 2.13 bits per heavy atom. The maximum atomic E-state index is 11.5. The molecule has 0 aliphatic carbocycles. The molecule has 1 aromatic carbocycles. The first-order valence-corrected chi connectivity index (χ1v) is 5.29. The van der Waals surface area contributed by atoms with Gasteiger partial charge >= 0.3 is 0 Å². The molecular weight excluding hydrogens is 186 g/mol. The third kappa shape index (κ3) is 3.39. The molecule has 0 radical (unpaired) electrons. The zero-order chi connectivity index (χ0) is 11.4. The highest BCUT2D eigenvalue weighted by molar-refractivity contribution is 5.78. The molecule has 2 nitrogen and oxygen atoms in total. The largest absolute Gasteiger partial charge is 0.349 e. The van der Waals surface area contributed by atoms with Crippen LogP contribution >= 0.6 is 0 Å².